The summed E-state index contributed by atoms with van der Waals surface area (Å²) in [6.07, 6.45) is 5.11. The number of aromatic nitrogens is 2. The van der Waals surface area contributed by atoms with Gasteiger partial charge < -0.3 is 10.6 Å². The molecule has 0 saturated heterocycles. The van der Waals surface area contributed by atoms with Crippen molar-refractivity contribution < 1.29 is 9.59 Å². The lowest BCUT2D eigenvalue weighted by molar-refractivity contribution is -0.116. The van der Waals surface area contributed by atoms with Gasteiger partial charge in [-0.25, -0.2) is 0 Å². The van der Waals surface area contributed by atoms with E-state index in [1.54, 1.807) is 30.5 Å². The molecule has 1 saturated carbocycles. The first-order valence-electron chi connectivity index (χ1n) is 6.99. The highest BCUT2D eigenvalue weighted by Gasteiger charge is 2.23. The average molecular weight is 319 g/mol. The quantitative estimate of drug-likeness (QED) is 0.886. The summed E-state index contributed by atoms with van der Waals surface area (Å²) < 4.78 is 1.45. The fraction of sp³-hybridized carbons (Fsp3) is 0.267. The van der Waals surface area contributed by atoms with E-state index >= 15 is 0 Å². The van der Waals surface area contributed by atoms with E-state index in [0.29, 0.717) is 22.3 Å². The predicted octanol–water partition coefficient (Wildman–Crippen LogP) is 2.07. The van der Waals surface area contributed by atoms with Crippen LogP contribution in [0.1, 0.15) is 23.2 Å². The molecule has 0 bridgehead atoms. The maximum atomic E-state index is 12.0. The van der Waals surface area contributed by atoms with Crippen LogP contribution in [0, 0.1) is 0 Å². The molecule has 1 aliphatic rings. The summed E-state index contributed by atoms with van der Waals surface area (Å²) in [6.45, 7) is 0.0607. The molecule has 0 radical (unpaired) electrons. The summed E-state index contributed by atoms with van der Waals surface area (Å²) in [5.41, 5.74) is 1.11. The lowest BCUT2D eigenvalue weighted by Crippen LogP contribution is -2.25. The molecule has 3 rings (SSSR count). The van der Waals surface area contributed by atoms with Crippen molar-refractivity contribution in [2.75, 3.05) is 5.32 Å². The number of hydrogen-bond donors (Lipinski definition) is 2. The molecule has 2 aromatic rings. The number of carbonyl (C=O) groups is 2. The highest BCUT2D eigenvalue weighted by atomic mass is 35.5. The van der Waals surface area contributed by atoms with E-state index in [1.165, 1.54) is 10.9 Å². The van der Waals surface area contributed by atoms with Gasteiger partial charge in [0.25, 0.3) is 5.91 Å². The van der Waals surface area contributed by atoms with Crippen LogP contribution < -0.4 is 10.6 Å². The standard InChI is InChI=1S/C15H15ClN4O2/c16-11-7-17-20(8-11)9-14(21)18-13-3-1-2-10(6-13)15(22)19-12-4-5-12/h1-3,6-8,12H,4-5,9H2,(H,18,21)(H,19,22). The third kappa shape index (κ3) is 3.85. The van der Waals surface area contributed by atoms with Crippen LogP contribution in [-0.4, -0.2) is 27.6 Å². The van der Waals surface area contributed by atoms with Crippen LogP contribution in [0.2, 0.25) is 5.02 Å². The minimum Gasteiger partial charge on any atom is -0.349 e. The topological polar surface area (TPSA) is 76.0 Å². The minimum atomic E-state index is -0.237. The van der Waals surface area contributed by atoms with E-state index in [0.717, 1.165) is 12.8 Å². The Bertz CT molecular complexity index is 709. The van der Waals surface area contributed by atoms with Crippen molar-refractivity contribution in [3.05, 3.63) is 47.2 Å². The Balaban J connectivity index is 1.61. The Morgan fingerprint density at radius 3 is 2.86 bits per heavy atom. The summed E-state index contributed by atoms with van der Waals surface area (Å²) in [5.74, 6) is -0.350. The Hall–Kier alpha value is -2.34. The molecule has 0 atom stereocenters. The Kier molecular flexibility index (Phi) is 4.11. The molecule has 0 unspecified atom stereocenters. The van der Waals surface area contributed by atoms with E-state index in [1.807, 2.05) is 0 Å². The second kappa shape index (κ2) is 6.19. The van der Waals surface area contributed by atoms with Crippen LogP contribution in [0.3, 0.4) is 0 Å². The number of amides is 2. The summed E-state index contributed by atoms with van der Waals surface area (Å²) in [4.78, 5) is 23.9. The molecular formula is C15H15ClN4O2. The highest BCUT2D eigenvalue weighted by molar-refractivity contribution is 6.30. The second-order valence-corrected chi connectivity index (χ2v) is 5.67. The third-order valence-corrected chi connectivity index (χ3v) is 3.42. The zero-order chi connectivity index (χ0) is 15.5. The van der Waals surface area contributed by atoms with Gasteiger partial charge in [-0.3, -0.25) is 14.3 Å². The molecule has 1 aromatic carbocycles. The van der Waals surface area contributed by atoms with Crippen LogP contribution in [0.5, 0.6) is 0 Å². The van der Waals surface area contributed by atoms with Gasteiger partial charge in [0.05, 0.1) is 11.2 Å². The summed E-state index contributed by atoms with van der Waals surface area (Å²) in [5, 5.41) is 10.1. The molecule has 6 nitrogen and oxygen atoms in total. The second-order valence-electron chi connectivity index (χ2n) is 5.23. The van der Waals surface area contributed by atoms with Gasteiger partial charge in [0.1, 0.15) is 6.54 Å². The molecule has 114 valence electrons. The van der Waals surface area contributed by atoms with Crippen LogP contribution in [0.15, 0.2) is 36.7 Å². The normalized spacial score (nSPS) is 13.7. The molecule has 1 aliphatic carbocycles. The number of anilines is 1. The van der Waals surface area contributed by atoms with Crippen molar-refractivity contribution in [1.29, 1.82) is 0 Å². The number of carbonyl (C=O) groups excluding carboxylic acids is 2. The zero-order valence-corrected chi connectivity index (χ0v) is 12.5. The number of rotatable bonds is 5. The van der Waals surface area contributed by atoms with E-state index in [4.69, 9.17) is 11.6 Å². The first-order chi connectivity index (χ1) is 10.6. The summed E-state index contributed by atoms with van der Waals surface area (Å²) >= 11 is 5.75. The van der Waals surface area contributed by atoms with Gasteiger partial charge in [0, 0.05) is 23.5 Å². The minimum absolute atomic E-state index is 0.0607. The lowest BCUT2D eigenvalue weighted by atomic mass is 10.2. The lowest BCUT2D eigenvalue weighted by Gasteiger charge is -2.08. The number of hydrogen-bond acceptors (Lipinski definition) is 3. The molecule has 7 heteroatoms. The number of benzene rings is 1. The molecule has 1 fully saturated rings. The van der Waals surface area contributed by atoms with Crippen LogP contribution in [-0.2, 0) is 11.3 Å². The van der Waals surface area contributed by atoms with Crippen molar-refractivity contribution in [1.82, 2.24) is 15.1 Å². The third-order valence-electron chi connectivity index (χ3n) is 3.23. The van der Waals surface area contributed by atoms with Crippen molar-refractivity contribution in [3.8, 4) is 0 Å². The molecule has 2 amide bonds. The van der Waals surface area contributed by atoms with Gasteiger partial charge >= 0.3 is 0 Å². The summed E-state index contributed by atoms with van der Waals surface area (Å²) in [6, 6.07) is 7.16. The van der Waals surface area contributed by atoms with Crippen LogP contribution in [0.4, 0.5) is 5.69 Å². The van der Waals surface area contributed by atoms with Gasteiger partial charge in [0.15, 0.2) is 0 Å². The molecule has 1 aromatic heterocycles. The molecule has 22 heavy (non-hydrogen) atoms. The Labute approximate surface area is 132 Å². The van der Waals surface area contributed by atoms with Crippen molar-refractivity contribution in [3.63, 3.8) is 0 Å². The Morgan fingerprint density at radius 1 is 1.36 bits per heavy atom. The first-order valence-corrected chi connectivity index (χ1v) is 7.37. The number of halogens is 1. The largest absolute Gasteiger partial charge is 0.349 e. The maximum absolute atomic E-state index is 12.0. The highest BCUT2D eigenvalue weighted by Crippen LogP contribution is 2.20. The SMILES string of the molecule is O=C(Cn1cc(Cl)cn1)Nc1cccc(C(=O)NC2CC2)c1. The van der Waals surface area contributed by atoms with Gasteiger partial charge in [0.2, 0.25) is 5.91 Å². The van der Waals surface area contributed by atoms with Gasteiger partial charge in [-0.2, -0.15) is 5.10 Å². The van der Waals surface area contributed by atoms with E-state index in [9.17, 15) is 9.59 Å². The van der Waals surface area contributed by atoms with E-state index < -0.39 is 0 Å². The number of nitrogens with one attached hydrogen (secondary N) is 2. The Morgan fingerprint density at radius 2 is 2.18 bits per heavy atom. The van der Waals surface area contributed by atoms with Gasteiger partial charge in [-0.05, 0) is 31.0 Å². The zero-order valence-electron chi connectivity index (χ0n) is 11.8. The first kappa shape index (κ1) is 14.6. The van der Waals surface area contributed by atoms with E-state index in [-0.39, 0.29) is 18.4 Å². The van der Waals surface area contributed by atoms with Gasteiger partial charge in [-0.1, -0.05) is 17.7 Å². The van der Waals surface area contributed by atoms with Crippen LogP contribution in [0.25, 0.3) is 0 Å². The van der Waals surface area contributed by atoms with Gasteiger partial charge in [-0.15, -0.1) is 0 Å². The molecular weight excluding hydrogens is 304 g/mol. The van der Waals surface area contributed by atoms with Crippen molar-refractivity contribution in [2.45, 2.75) is 25.4 Å². The molecule has 0 aliphatic heterocycles. The fourth-order valence-corrected chi connectivity index (χ4v) is 2.16. The predicted molar refractivity (Wildman–Crippen MR) is 82.8 cm³/mol. The molecule has 2 N–H and O–H groups in total. The molecule has 1 heterocycles. The fourth-order valence-electron chi connectivity index (χ4n) is 2.01. The summed E-state index contributed by atoms with van der Waals surface area (Å²) in [7, 11) is 0. The molecule has 0 spiro atoms. The smallest absolute Gasteiger partial charge is 0.251 e. The monoisotopic (exact) mass is 318 g/mol. The van der Waals surface area contributed by atoms with Crippen LogP contribution >= 0.6 is 11.6 Å². The average Bonchev–Trinajstić information content (AvgIpc) is 3.20. The maximum Gasteiger partial charge on any atom is 0.251 e. The number of nitrogens with zero attached hydrogens (tertiary/aromatic N) is 2. The van der Waals surface area contributed by atoms with Crippen molar-refractivity contribution >= 4 is 29.1 Å². The van der Waals surface area contributed by atoms with Crippen molar-refractivity contribution in [2.24, 2.45) is 0 Å². The van der Waals surface area contributed by atoms with E-state index in [2.05, 4.69) is 15.7 Å².